The van der Waals surface area contributed by atoms with Crippen molar-refractivity contribution in [3.05, 3.63) is 51.0 Å². The molecule has 7 heteroatoms. The Bertz CT molecular complexity index is 994. The molecule has 3 heterocycles. The second-order valence-corrected chi connectivity index (χ2v) is 7.40. The van der Waals surface area contributed by atoms with E-state index in [-0.39, 0.29) is 11.6 Å². The predicted octanol–water partition coefficient (Wildman–Crippen LogP) is 3.24. The number of thioether (sulfide) groups is 1. The summed E-state index contributed by atoms with van der Waals surface area (Å²) in [6.45, 7) is 2.03. The molecule has 4 rings (SSSR count). The highest BCUT2D eigenvalue weighted by Crippen LogP contribution is 2.33. The number of rotatable bonds is 3. The van der Waals surface area contributed by atoms with E-state index in [1.54, 1.807) is 11.8 Å². The minimum atomic E-state index is 0.00160. The lowest BCUT2D eigenvalue weighted by atomic mass is 10.1. The predicted molar refractivity (Wildman–Crippen MR) is 97.1 cm³/mol. The van der Waals surface area contributed by atoms with Gasteiger partial charge in [-0.05, 0) is 24.1 Å². The molecule has 24 heavy (non-hydrogen) atoms. The second-order valence-electron chi connectivity index (χ2n) is 5.98. The molecule has 0 fully saturated rings. The number of benzene rings is 1. The van der Waals surface area contributed by atoms with Crippen molar-refractivity contribution in [2.45, 2.75) is 31.0 Å². The highest BCUT2D eigenvalue weighted by Gasteiger charge is 2.28. The third-order valence-corrected chi connectivity index (χ3v) is 5.78. The van der Waals surface area contributed by atoms with Gasteiger partial charge in [0.2, 0.25) is 0 Å². The third-order valence-electron chi connectivity index (χ3n) is 4.44. The van der Waals surface area contributed by atoms with Gasteiger partial charge < -0.3 is 4.57 Å². The van der Waals surface area contributed by atoms with Crippen LogP contribution in [0.2, 0.25) is 5.02 Å². The first kappa shape index (κ1) is 15.7. The van der Waals surface area contributed by atoms with Crippen LogP contribution in [0.15, 0.2) is 34.2 Å². The summed E-state index contributed by atoms with van der Waals surface area (Å²) in [4.78, 5) is 22.2. The maximum atomic E-state index is 13.1. The van der Waals surface area contributed by atoms with Crippen LogP contribution in [-0.4, -0.2) is 24.9 Å². The fraction of sp³-hybridized carbons (Fsp3) is 0.353. The highest BCUT2D eigenvalue weighted by atomic mass is 35.5. The maximum Gasteiger partial charge on any atom is 0.280 e. The van der Waals surface area contributed by atoms with Crippen molar-refractivity contribution >= 4 is 34.5 Å². The van der Waals surface area contributed by atoms with Crippen LogP contribution in [0.4, 0.5) is 0 Å². The largest absolute Gasteiger partial charge is 0.325 e. The van der Waals surface area contributed by atoms with Gasteiger partial charge in [0.15, 0.2) is 16.3 Å². The van der Waals surface area contributed by atoms with Crippen LogP contribution in [0.1, 0.15) is 24.4 Å². The Kier molecular flexibility index (Phi) is 3.89. The topological polar surface area (TPSA) is 52.7 Å². The Morgan fingerprint density at radius 2 is 2.21 bits per heavy atom. The van der Waals surface area contributed by atoms with Crippen molar-refractivity contribution in [1.82, 2.24) is 19.1 Å². The van der Waals surface area contributed by atoms with Gasteiger partial charge in [-0.3, -0.25) is 9.36 Å². The lowest BCUT2D eigenvalue weighted by Crippen LogP contribution is -2.27. The molecule has 124 valence electrons. The van der Waals surface area contributed by atoms with E-state index in [1.807, 2.05) is 47.4 Å². The van der Waals surface area contributed by atoms with Crippen LogP contribution in [0.5, 0.6) is 0 Å². The van der Waals surface area contributed by atoms with E-state index in [4.69, 9.17) is 11.6 Å². The van der Waals surface area contributed by atoms with Gasteiger partial charge in [0, 0.05) is 24.2 Å². The lowest BCUT2D eigenvalue weighted by Gasteiger charge is -2.13. The smallest absolute Gasteiger partial charge is 0.280 e. The molecule has 0 aliphatic carbocycles. The SMILES string of the molecule is CCc1nc2nc3n(c(=O)c2n1C)C(Cc1cccc(Cl)c1)CS3. The van der Waals surface area contributed by atoms with Gasteiger partial charge >= 0.3 is 0 Å². The van der Waals surface area contributed by atoms with Crippen molar-refractivity contribution in [2.24, 2.45) is 7.05 Å². The number of aromatic nitrogens is 4. The van der Waals surface area contributed by atoms with E-state index >= 15 is 0 Å². The molecule has 2 aromatic heterocycles. The summed E-state index contributed by atoms with van der Waals surface area (Å²) in [5.41, 5.74) is 2.28. The molecule has 0 spiro atoms. The molecule has 0 saturated carbocycles. The summed E-state index contributed by atoms with van der Waals surface area (Å²) in [6.07, 6.45) is 1.55. The monoisotopic (exact) mass is 360 g/mol. The molecule has 0 bridgehead atoms. The van der Waals surface area contributed by atoms with Gasteiger partial charge in [0.05, 0.1) is 6.04 Å². The van der Waals surface area contributed by atoms with Crippen molar-refractivity contribution in [3.63, 3.8) is 0 Å². The summed E-state index contributed by atoms with van der Waals surface area (Å²) in [7, 11) is 1.89. The molecule has 1 aliphatic rings. The minimum absolute atomic E-state index is 0.00160. The minimum Gasteiger partial charge on any atom is -0.325 e. The zero-order valence-electron chi connectivity index (χ0n) is 13.5. The molecule has 0 saturated heterocycles. The van der Waals surface area contributed by atoms with Crippen LogP contribution in [-0.2, 0) is 19.9 Å². The molecule has 0 N–H and O–H groups in total. The molecule has 1 aromatic carbocycles. The summed E-state index contributed by atoms with van der Waals surface area (Å²) in [6, 6.07) is 7.90. The van der Waals surface area contributed by atoms with Gasteiger partial charge in [0.25, 0.3) is 5.56 Å². The van der Waals surface area contributed by atoms with Crippen molar-refractivity contribution in [2.75, 3.05) is 5.75 Å². The Morgan fingerprint density at radius 3 is 2.96 bits per heavy atom. The number of halogens is 1. The number of aryl methyl sites for hydroxylation is 2. The number of hydrogen-bond acceptors (Lipinski definition) is 4. The second kappa shape index (κ2) is 5.93. The molecule has 3 aromatic rings. The molecule has 1 unspecified atom stereocenters. The van der Waals surface area contributed by atoms with Gasteiger partial charge in [-0.1, -0.05) is 42.4 Å². The first-order valence-corrected chi connectivity index (χ1v) is 9.30. The molecule has 0 radical (unpaired) electrons. The third kappa shape index (κ3) is 2.45. The number of nitrogens with zero attached hydrogens (tertiary/aromatic N) is 4. The van der Waals surface area contributed by atoms with E-state index in [0.717, 1.165) is 40.2 Å². The number of imidazole rings is 1. The van der Waals surface area contributed by atoms with Crippen LogP contribution in [0.3, 0.4) is 0 Å². The number of hydrogen-bond donors (Lipinski definition) is 0. The summed E-state index contributed by atoms with van der Waals surface area (Å²) in [5, 5.41) is 1.49. The van der Waals surface area contributed by atoms with E-state index in [0.29, 0.717) is 11.2 Å². The van der Waals surface area contributed by atoms with Crippen molar-refractivity contribution in [1.29, 1.82) is 0 Å². The Morgan fingerprint density at radius 1 is 1.38 bits per heavy atom. The quantitative estimate of drug-likeness (QED) is 0.673. The fourth-order valence-corrected chi connectivity index (χ4v) is 4.61. The molecular weight excluding hydrogens is 344 g/mol. The van der Waals surface area contributed by atoms with Crippen LogP contribution >= 0.6 is 23.4 Å². The molecule has 5 nitrogen and oxygen atoms in total. The van der Waals surface area contributed by atoms with Crippen LogP contribution < -0.4 is 5.56 Å². The average Bonchev–Trinajstić information content (AvgIpc) is 3.09. The summed E-state index contributed by atoms with van der Waals surface area (Å²) < 4.78 is 3.70. The Labute approximate surface area is 148 Å². The van der Waals surface area contributed by atoms with Gasteiger partial charge in [0.1, 0.15) is 5.82 Å². The molecule has 1 atom stereocenters. The molecule has 0 amide bonds. The highest BCUT2D eigenvalue weighted by molar-refractivity contribution is 7.99. The van der Waals surface area contributed by atoms with E-state index in [2.05, 4.69) is 9.97 Å². The van der Waals surface area contributed by atoms with E-state index in [1.165, 1.54) is 0 Å². The van der Waals surface area contributed by atoms with E-state index < -0.39 is 0 Å². The molecular formula is C17H17ClN4OS. The average molecular weight is 361 g/mol. The Balaban J connectivity index is 1.81. The summed E-state index contributed by atoms with van der Waals surface area (Å²) >= 11 is 7.70. The zero-order chi connectivity index (χ0) is 16.8. The number of fused-ring (bicyclic) bond motifs is 2. The first-order valence-electron chi connectivity index (χ1n) is 7.93. The zero-order valence-corrected chi connectivity index (χ0v) is 15.1. The van der Waals surface area contributed by atoms with Crippen molar-refractivity contribution in [3.8, 4) is 0 Å². The summed E-state index contributed by atoms with van der Waals surface area (Å²) in [5.74, 6) is 1.72. The molecule has 1 aliphatic heterocycles. The Hall–Kier alpha value is -1.79. The standard InChI is InChI=1S/C17H17ClN4OS/c1-3-13-19-15-14(21(13)2)16(23)22-12(9-24-17(22)20-15)8-10-5-4-6-11(18)7-10/h4-7,12H,3,8-9H2,1-2H3. The van der Waals surface area contributed by atoms with Crippen LogP contribution in [0.25, 0.3) is 11.2 Å². The normalized spacial score (nSPS) is 16.7. The fourth-order valence-electron chi connectivity index (χ4n) is 3.26. The first-order chi connectivity index (χ1) is 11.6. The lowest BCUT2D eigenvalue weighted by molar-refractivity contribution is 0.506. The maximum absolute atomic E-state index is 13.1. The van der Waals surface area contributed by atoms with Crippen LogP contribution in [0, 0.1) is 0 Å². The van der Waals surface area contributed by atoms with E-state index in [9.17, 15) is 4.79 Å². The van der Waals surface area contributed by atoms with Gasteiger partial charge in [-0.15, -0.1) is 0 Å². The van der Waals surface area contributed by atoms with Gasteiger partial charge in [-0.25, -0.2) is 9.97 Å². The van der Waals surface area contributed by atoms with Gasteiger partial charge in [-0.2, -0.15) is 0 Å². The van der Waals surface area contributed by atoms with Crippen molar-refractivity contribution < 1.29 is 0 Å².